The number of carbonyl (C=O) groups excluding carboxylic acids is 1. The van der Waals surface area contributed by atoms with Crippen molar-refractivity contribution in [3.8, 4) is 0 Å². The molecule has 0 rings (SSSR count). The van der Waals surface area contributed by atoms with Crippen molar-refractivity contribution in [2.75, 3.05) is 7.11 Å². The molecule has 0 aliphatic heterocycles. The summed E-state index contributed by atoms with van der Waals surface area (Å²) < 4.78 is 4.57. The van der Waals surface area contributed by atoms with Crippen molar-refractivity contribution in [1.82, 2.24) is 0 Å². The standard InChI is InChI=1S/C21H34O4/c1-3-4-5-6-7-8-9-10-11-12-13-14-15-17-20(25-23)18-16-19-21(22)24-2/h7-8,10-11,13-15,17,20,23H,3-6,9,12,16,18-19H2,1-2H3/b8-7-,11-10-,14-13-,17-15+/t20-/m1/s1. The molecule has 0 spiro atoms. The number of hydrogen-bond donors (Lipinski definition) is 1. The van der Waals surface area contributed by atoms with Crippen LogP contribution in [-0.4, -0.2) is 24.4 Å². The van der Waals surface area contributed by atoms with Gasteiger partial charge in [-0.05, 0) is 38.5 Å². The normalized spacial score (nSPS) is 13.6. The molecule has 4 heteroatoms. The van der Waals surface area contributed by atoms with Crippen LogP contribution in [0.1, 0.15) is 64.7 Å². The first-order chi connectivity index (χ1) is 12.2. The van der Waals surface area contributed by atoms with Gasteiger partial charge in [0.15, 0.2) is 0 Å². The van der Waals surface area contributed by atoms with Gasteiger partial charge in [-0.15, -0.1) is 0 Å². The van der Waals surface area contributed by atoms with Crippen LogP contribution in [0.2, 0.25) is 0 Å². The molecule has 0 aromatic rings. The Labute approximate surface area is 152 Å². The maximum Gasteiger partial charge on any atom is 0.305 e. The van der Waals surface area contributed by atoms with E-state index in [-0.39, 0.29) is 5.97 Å². The van der Waals surface area contributed by atoms with Crippen molar-refractivity contribution in [3.63, 3.8) is 0 Å². The molecule has 0 unspecified atom stereocenters. The molecular weight excluding hydrogens is 316 g/mol. The third kappa shape index (κ3) is 17.0. The predicted octanol–water partition coefficient (Wildman–Crippen LogP) is 5.77. The van der Waals surface area contributed by atoms with Crippen LogP contribution in [0.4, 0.5) is 0 Å². The largest absolute Gasteiger partial charge is 0.469 e. The molecule has 0 aromatic carbocycles. The average Bonchev–Trinajstić information content (AvgIpc) is 2.63. The fourth-order valence-electron chi connectivity index (χ4n) is 2.15. The van der Waals surface area contributed by atoms with Crippen LogP contribution in [0.5, 0.6) is 0 Å². The smallest absolute Gasteiger partial charge is 0.305 e. The number of ether oxygens (including phenoxy) is 1. The van der Waals surface area contributed by atoms with Crippen LogP contribution in [0.15, 0.2) is 48.6 Å². The van der Waals surface area contributed by atoms with Gasteiger partial charge in [0, 0.05) is 6.42 Å². The second kappa shape index (κ2) is 18.7. The first kappa shape index (κ1) is 23.4. The zero-order valence-corrected chi connectivity index (χ0v) is 15.7. The second-order valence-corrected chi connectivity index (χ2v) is 5.84. The Hall–Kier alpha value is -1.65. The Kier molecular flexibility index (Phi) is 17.5. The van der Waals surface area contributed by atoms with Crippen LogP contribution in [0.3, 0.4) is 0 Å². The van der Waals surface area contributed by atoms with Crippen molar-refractivity contribution in [1.29, 1.82) is 0 Å². The van der Waals surface area contributed by atoms with E-state index in [2.05, 4.69) is 40.9 Å². The SMILES string of the molecule is CCCCC/C=C\C/C=C\C/C=C\C=C\[C@H](CCCC(=O)OC)OO. The molecule has 0 bridgehead atoms. The molecule has 1 N–H and O–H groups in total. The number of allylic oxidation sites excluding steroid dienone is 7. The number of hydrogen-bond acceptors (Lipinski definition) is 4. The van der Waals surface area contributed by atoms with E-state index in [0.29, 0.717) is 19.3 Å². The lowest BCUT2D eigenvalue weighted by Crippen LogP contribution is -2.08. The first-order valence-corrected chi connectivity index (χ1v) is 9.24. The maximum absolute atomic E-state index is 11.0. The van der Waals surface area contributed by atoms with Gasteiger partial charge in [0.25, 0.3) is 0 Å². The molecule has 0 aliphatic rings. The first-order valence-electron chi connectivity index (χ1n) is 9.24. The molecule has 25 heavy (non-hydrogen) atoms. The van der Waals surface area contributed by atoms with Gasteiger partial charge in [-0.1, -0.05) is 68.4 Å². The predicted molar refractivity (Wildman–Crippen MR) is 103 cm³/mol. The van der Waals surface area contributed by atoms with Crippen molar-refractivity contribution < 1.29 is 19.7 Å². The quantitative estimate of drug-likeness (QED) is 0.102. The molecule has 4 nitrogen and oxygen atoms in total. The van der Waals surface area contributed by atoms with E-state index in [1.807, 2.05) is 18.2 Å². The van der Waals surface area contributed by atoms with Crippen molar-refractivity contribution in [2.45, 2.75) is 70.8 Å². The van der Waals surface area contributed by atoms with Crippen LogP contribution < -0.4 is 0 Å². The summed E-state index contributed by atoms with van der Waals surface area (Å²) in [4.78, 5) is 15.4. The molecule has 0 heterocycles. The third-order valence-corrected chi connectivity index (χ3v) is 3.66. The maximum atomic E-state index is 11.0. The van der Waals surface area contributed by atoms with Gasteiger partial charge in [-0.2, -0.15) is 0 Å². The Morgan fingerprint density at radius 2 is 1.72 bits per heavy atom. The highest BCUT2D eigenvalue weighted by Crippen LogP contribution is 2.06. The van der Waals surface area contributed by atoms with Gasteiger partial charge in [-0.3, -0.25) is 10.1 Å². The highest BCUT2D eigenvalue weighted by molar-refractivity contribution is 5.68. The van der Waals surface area contributed by atoms with Crippen molar-refractivity contribution in [2.24, 2.45) is 0 Å². The van der Waals surface area contributed by atoms with Gasteiger partial charge < -0.3 is 4.74 Å². The molecule has 0 saturated heterocycles. The van der Waals surface area contributed by atoms with E-state index in [9.17, 15) is 4.79 Å². The topological polar surface area (TPSA) is 55.8 Å². The van der Waals surface area contributed by atoms with E-state index < -0.39 is 6.10 Å². The molecule has 1 atom stereocenters. The average molecular weight is 350 g/mol. The number of rotatable bonds is 15. The molecule has 0 aliphatic carbocycles. The van der Waals surface area contributed by atoms with E-state index >= 15 is 0 Å². The van der Waals surface area contributed by atoms with Crippen LogP contribution in [0.25, 0.3) is 0 Å². The zero-order valence-electron chi connectivity index (χ0n) is 15.7. The number of carbonyl (C=O) groups is 1. The summed E-state index contributed by atoms with van der Waals surface area (Å²) in [5, 5.41) is 8.83. The van der Waals surface area contributed by atoms with Gasteiger partial charge >= 0.3 is 5.97 Å². The number of methoxy groups -OCH3 is 1. The lowest BCUT2D eigenvalue weighted by atomic mass is 10.1. The lowest BCUT2D eigenvalue weighted by molar-refractivity contribution is -0.267. The lowest BCUT2D eigenvalue weighted by Gasteiger charge is -2.07. The van der Waals surface area contributed by atoms with E-state index in [0.717, 1.165) is 12.8 Å². The molecular formula is C21H34O4. The Bertz CT molecular complexity index is 422. The van der Waals surface area contributed by atoms with Crippen molar-refractivity contribution in [3.05, 3.63) is 48.6 Å². The summed E-state index contributed by atoms with van der Waals surface area (Å²) >= 11 is 0. The number of esters is 1. The highest BCUT2D eigenvalue weighted by atomic mass is 17.1. The third-order valence-electron chi connectivity index (χ3n) is 3.66. The fourth-order valence-corrected chi connectivity index (χ4v) is 2.15. The minimum absolute atomic E-state index is 0.247. The second-order valence-electron chi connectivity index (χ2n) is 5.84. The molecule has 0 aromatic heterocycles. The monoisotopic (exact) mass is 350 g/mol. The molecule has 0 radical (unpaired) electrons. The summed E-state index contributed by atoms with van der Waals surface area (Å²) in [6, 6.07) is 0. The van der Waals surface area contributed by atoms with Gasteiger partial charge in [0.2, 0.25) is 0 Å². The highest BCUT2D eigenvalue weighted by Gasteiger charge is 2.06. The summed E-state index contributed by atoms with van der Waals surface area (Å²) in [7, 11) is 1.37. The Balaban J connectivity index is 3.77. The van der Waals surface area contributed by atoms with E-state index in [1.54, 1.807) is 6.08 Å². The van der Waals surface area contributed by atoms with Crippen LogP contribution in [-0.2, 0) is 14.4 Å². The Morgan fingerprint density at radius 1 is 1.00 bits per heavy atom. The van der Waals surface area contributed by atoms with Crippen LogP contribution in [0, 0.1) is 0 Å². The molecule has 0 saturated carbocycles. The van der Waals surface area contributed by atoms with Gasteiger partial charge in [0.1, 0.15) is 6.10 Å². The van der Waals surface area contributed by atoms with Crippen LogP contribution >= 0.6 is 0 Å². The molecule has 142 valence electrons. The summed E-state index contributed by atoms with van der Waals surface area (Å²) in [5.41, 5.74) is 0. The summed E-state index contributed by atoms with van der Waals surface area (Å²) in [6.07, 6.45) is 24.4. The van der Waals surface area contributed by atoms with E-state index in [1.165, 1.54) is 32.8 Å². The van der Waals surface area contributed by atoms with Crippen molar-refractivity contribution >= 4 is 5.97 Å². The summed E-state index contributed by atoms with van der Waals surface area (Å²) in [5.74, 6) is -0.247. The number of unbranched alkanes of at least 4 members (excludes halogenated alkanes) is 3. The minimum Gasteiger partial charge on any atom is -0.469 e. The summed E-state index contributed by atoms with van der Waals surface area (Å²) in [6.45, 7) is 2.22. The fraction of sp³-hybridized carbons (Fsp3) is 0.571. The zero-order chi connectivity index (χ0) is 18.6. The Morgan fingerprint density at radius 3 is 2.40 bits per heavy atom. The van der Waals surface area contributed by atoms with Gasteiger partial charge in [-0.25, -0.2) is 4.89 Å². The van der Waals surface area contributed by atoms with Gasteiger partial charge in [0.05, 0.1) is 7.11 Å². The molecule has 0 amide bonds. The molecule has 0 fully saturated rings. The van der Waals surface area contributed by atoms with E-state index in [4.69, 9.17) is 5.26 Å². The minimum atomic E-state index is -0.400.